The number of fused-ring (bicyclic) bond motifs is 1. The van der Waals surface area contributed by atoms with Gasteiger partial charge in [-0.1, -0.05) is 12.1 Å². The lowest BCUT2D eigenvalue weighted by Crippen LogP contribution is -2.52. The van der Waals surface area contributed by atoms with Crippen LogP contribution in [0, 0.1) is 5.82 Å². The van der Waals surface area contributed by atoms with E-state index in [-0.39, 0.29) is 29.8 Å². The number of sulfonamides is 1. The van der Waals surface area contributed by atoms with Gasteiger partial charge < -0.3 is 5.32 Å². The third-order valence-electron chi connectivity index (χ3n) is 5.88. The van der Waals surface area contributed by atoms with Crippen LogP contribution >= 0.6 is 0 Å². The van der Waals surface area contributed by atoms with Gasteiger partial charge in [-0.3, -0.25) is 19.4 Å². The molecule has 0 aliphatic carbocycles. The Kier molecular flexibility index (Phi) is 6.27. The molecule has 0 radical (unpaired) electrons. The molecule has 2 heterocycles. The predicted octanol–water partition coefficient (Wildman–Crippen LogP) is 1.90. The van der Waals surface area contributed by atoms with Crippen LogP contribution < -0.4 is 10.2 Å². The standard InChI is InChI=1S/C22H25FN4O4S/c1-16(22(29)27-15-21(28)24-19-5-2-3-6-20(19)27)25-11-4-12-26(14-13-25)32(30,31)18-9-7-17(23)8-10-18/h2-3,5-10,16H,4,11-15H2,1H3,(H,24,28). The van der Waals surface area contributed by atoms with Crippen molar-refractivity contribution >= 4 is 33.2 Å². The maximum absolute atomic E-state index is 13.3. The molecule has 1 fully saturated rings. The normalized spacial score (nSPS) is 19.1. The van der Waals surface area contributed by atoms with Crippen molar-refractivity contribution in [3.63, 3.8) is 0 Å². The van der Waals surface area contributed by atoms with Gasteiger partial charge in [-0.25, -0.2) is 12.8 Å². The third kappa shape index (κ3) is 4.38. The highest BCUT2D eigenvalue weighted by molar-refractivity contribution is 7.89. The van der Waals surface area contributed by atoms with Crippen molar-refractivity contribution in [1.82, 2.24) is 9.21 Å². The zero-order valence-corrected chi connectivity index (χ0v) is 18.5. The Hall–Kier alpha value is -2.82. The number of hydrogen-bond donors (Lipinski definition) is 1. The van der Waals surface area contributed by atoms with Crippen LogP contribution in [0.2, 0.25) is 0 Å². The minimum absolute atomic E-state index is 0.0485. The molecule has 10 heteroatoms. The number of anilines is 2. The highest BCUT2D eigenvalue weighted by atomic mass is 32.2. The molecule has 0 aromatic heterocycles. The van der Waals surface area contributed by atoms with Crippen LogP contribution in [-0.2, 0) is 19.6 Å². The van der Waals surface area contributed by atoms with Gasteiger partial charge in [-0.05, 0) is 49.7 Å². The molecule has 0 spiro atoms. The molecule has 170 valence electrons. The Morgan fingerprint density at radius 1 is 1.03 bits per heavy atom. The SMILES string of the molecule is CC(C(=O)N1CC(=O)Nc2ccccc21)N1CCCN(S(=O)(=O)c2ccc(F)cc2)CC1. The van der Waals surface area contributed by atoms with E-state index >= 15 is 0 Å². The first-order valence-corrected chi connectivity index (χ1v) is 11.9. The molecular weight excluding hydrogens is 435 g/mol. The van der Waals surface area contributed by atoms with Crippen molar-refractivity contribution in [3.05, 3.63) is 54.3 Å². The third-order valence-corrected chi connectivity index (χ3v) is 7.80. The summed E-state index contributed by atoms with van der Waals surface area (Å²) in [5.74, 6) is -0.954. The van der Waals surface area contributed by atoms with Gasteiger partial charge in [0.25, 0.3) is 0 Å². The smallest absolute Gasteiger partial charge is 0.244 e. The highest BCUT2D eigenvalue weighted by Gasteiger charge is 2.34. The highest BCUT2D eigenvalue weighted by Crippen LogP contribution is 2.30. The van der Waals surface area contributed by atoms with Crippen molar-refractivity contribution in [2.75, 3.05) is 42.9 Å². The second kappa shape index (κ2) is 8.97. The van der Waals surface area contributed by atoms with Gasteiger partial charge in [-0.15, -0.1) is 0 Å². The van der Waals surface area contributed by atoms with Crippen molar-refractivity contribution < 1.29 is 22.4 Å². The average Bonchev–Trinajstić information content (AvgIpc) is 3.05. The van der Waals surface area contributed by atoms with Crippen LogP contribution in [0.5, 0.6) is 0 Å². The summed E-state index contributed by atoms with van der Waals surface area (Å²) >= 11 is 0. The van der Waals surface area contributed by atoms with Gasteiger partial charge in [0, 0.05) is 26.2 Å². The quantitative estimate of drug-likeness (QED) is 0.753. The molecule has 32 heavy (non-hydrogen) atoms. The molecule has 2 aromatic rings. The maximum Gasteiger partial charge on any atom is 0.244 e. The first-order valence-electron chi connectivity index (χ1n) is 10.5. The summed E-state index contributed by atoms with van der Waals surface area (Å²) in [6.07, 6.45) is 0.551. The fourth-order valence-corrected chi connectivity index (χ4v) is 5.58. The molecule has 2 aromatic carbocycles. The number of halogens is 1. The molecule has 2 aliphatic heterocycles. The molecule has 1 saturated heterocycles. The zero-order chi connectivity index (χ0) is 22.9. The van der Waals surface area contributed by atoms with Crippen LogP contribution in [0.3, 0.4) is 0 Å². The number of carbonyl (C=O) groups excluding carboxylic acids is 2. The summed E-state index contributed by atoms with van der Waals surface area (Å²) in [5.41, 5.74) is 1.25. The van der Waals surface area contributed by atoms with E-state index in [1.165, 1.54) is 21.3 Å². The number of hydrogen-bond acceptors (Lipinski definition) is 5. The number of nitrogens with one attached hydrogen (secondary N) is 1. The van der Waals surface area contributed by atoms with E-state index in [4.69, 9.17) is 0 Å². The number of amides is 2. The van der Waals surface area contributed by atoms with Crippen LogP contribution in [0.1, 0.15) is 13.3 Å². The zero-order valence-electron chi connectivity index (χ0n) is 17.7. The molecule has 4 rings (SSSR count). The van der Waals surface area contributed by atoms with E-state index in [2.05, 4.69) is 5.32 Å². The summed E-state index contributed by atoms with van der Waals surface area (Å²) in [7, 11) is -3.75. The maximum atomic E-state index is 13.3. The summed E-state index contributed by atoms with van der Waals surface area (Å²) in [4.78, 5) is 28.8. The molecule has 8 nitrogen and oxygen atoms in total. The second-order valence-corrected chi connectivity index (χ2v) is 9.85. The van der Waals surface area contributed by atoms with Crippen molar-refractivity contribution in [1.29, 1.82) is 0 Å². The van der Waals surface area contributed by atoms with Gasteiger partial charge in [0.2, 0.25) is 21.8 Å². The van der Waals surface area contributed by atoms with Gasteiger partial charge in [0.15, 0.2) is 0 Å². The lowest BCUT2D eigenvalue weighted by molar-refractivity contribution is -0.125. The molecule has 2 aliphatic rings. The molecule has 2 amide bonds. The Balaban J connectivity index is 1.47. The van der Waals surface area contributed by atoms with E-state index in [1.54, 1.807) is 25.1 Å². The Bertz CT molecular complexity index is 1120. The van der Waals surface area contributed by atoms with E-state index < -0.39 is 21.9 Å². The second-order valence-electron chi connectivity index (χ2n) is 7.91. The number of rotatable bonds is 4. The van der Waals surface area contributed by atoms with Crippen molar-refractivity contribution in [2.24, 2.45) is 0 Å². The topological polar surface area (TPSA) is 90.0 Å². The number of carbonyl (C=O) groups is 2. The Morgan fingerprint density at radius 3 is 2.50 bits per heavy atom. The first-order chi connectivity index (χ1) is 15.3. The van der Waals surface area contributed by atoms with E-state index in [0.29, 0.717) is 37.4 Å². The van der Waals surface area contributed by atoms with Crippen LogP contribution in [0.25, 0.3) is 0 Å². The van der Waals surface area contributed by atoms with Gasteiger partial charge in [0.05, 0.1) is 22.3 Å². The van der Waals surface area contributed by atoms with Crippen LogP contribution in [-0.4, -0.2) is 68.2 Å². The number of para-hydroxylation sites is 2. The molecular formula is C22H25FN4O4S. The Labute approximate surface area is 186 Å². The number of nitrogens with zero attached hydrogens (tertiary/aromatic N) is 3. The Morgan fingerprint density at radius 2 is 1.75 bits per heavy atom. The predicted molar refractivity (Wildman–Crippen MR) is 118 cm³/mol. The fraction of sp³-hybridized carbons (Fsp3) is 0.364. The lowest BCUT2D eigenvalue weighted by Gasteiger charge is -2.34. The molecule has 1 unspecified atom stereocenters. The number of benzene rings is 2. The molecule has 0 saturated carbocycles. The summed E-state index contributed by atoms with van der Waals surface area (Å²) in [6.45, 7) is 3.17. The van der Waals surface area contributed by atoms with Crippen LogP contribution in [0.15, 0.2) is 53.4 Å². The summed E-state index contributed by atoms with van der Waals surface area (Å²) in [6, 6.07) is 11.4. The van der Waals surface area contributed by atoms with Gasteiger partial charge >= 0.3 is 0 Å². The van der Waals surface area contributed by atoms with Crippen LogP contribution in [0.4, 0.5) is 15.8 Å². The minimum atomic E-state index is -3.75. The minimum Gasteiger partial charge on any atom is -0.323 e. The molecule has 1 N–H and O–H groups in total. The first kappa shape index (κ1) is 22.4. The lowest BCUT2D eigenvalue weighted by atomic mass is 10.1. The van der Waals surface area contributed by atoms with Gasteiger partial charge in [0.1, 0.15) is 12.4 Å². The monoisotopic (exact) mass is 460 g/mol. The van der Waals surface area contributed by atoms with Crippen molar-refractivity contribution in [2.45, 2.75) is 24.3 Å². The summed E-state index contributed by atoms with van der Waals surface area (Å²) < 4.78 is 40.5. The molecule has 0 bridgehead atoms. The van der Waals surface area contributed by atoms with Gasteiger partial charge in [-0.2, -0.15) is 4.31 Å². The largest absolute Gasteiger partial charge is 0.323 e. The average molecular weight is 461 g/mol. The van der Waals surface area contributed by atoms with E-state index in [1.807, 2.05) is 11.0 Å². The summed E-state index contributed by atoms with van der Waals surface area (Å²) in [5, 5.41) is 2.77. The molecule has 1 atom stereocenters. The fourth-order valence-electron chi connectivity index (χ4n) is 4.11. The van der Waals surface area contributed by atoms with E-state index in [0.717, 1.165) is 12.1 Å². The van der Waals surface area contributed by atoms with E-state index in [9.17, 15) is 22.4 Å². The van der Waals surface area contributed by atoms with Crippen molar-refractivity contribution in [3.8, 4) is 0 Å².